The topological polar surface area (TPSA) is 41.1 Å². The number of quaternary nitrogens is 1. The Morgan fingerprint density at radius 3 is 1.97 bits per heavy atom. The summed E-state index contributed by atoms with van der Waals surface area (Å²) >= 11 is 0. The summed E-state index contributed by atoms with van der Waals surface area (Å²) in [6, 6.07) is 0. The van der Waals surface area contributed by atoms with Gasteiger partial charge in [-0.1, -0.05) is 82.8 Å². The summed E-state index contributed by atoms with van der Waals surface area (Å²) < 4.78 is 0.815. The number of allylic oxidation sites excluding steroid dienone is 2. The van der Waals surface area contributed by atoms with Crippen LogP contribution in [0.25, 0.3) is 0 Å². The molecule has 0 radical (unpaired) electrons. The van der Waals surface area contributed by atoms with E-state index in [1.807, 2.05) is 0 Å². The van der Waals surface area contributed by atoms with E-state index in [2.05, 4.69) is 56.0 Å². The normalized spacial score (nSPS) is 21.5. The van der Waals surface area contributed by atoms with Crippen molar-refractivity contribution in [1.82, 2.24) is 10.6 Å². The van der Waals surface area contributed by atoms with E-state index in [-0.39, 0.29) is 12.1 Å². The summed E-state index contributed by atoms with van der Waals surface area (Å²) in [6.45, 7) is 9.05. The van der Waals surface area contributed by atoms with Gasteiger partial charge in [-0.3, -0.25) is 9.28 Å². The monoisotopic (exact) mass is 434 g/mol. The molecule has 0 fully saturated rings. The fourth-order valence-corrected chi connectivity index (χ4v) is 4.98. The van der Waals surface area contributed by atoms with Gasteiger partial charge in [-0.15, -0.1) is 0 Å². The summed E-state index contributed by atoms with van der Waals surface area (Å²) in [5.41, 5.74) is 0. The first-order valence-electron chi connectivity index (χ1n) is 13.3. The lowest BCUT2D eigenvalue weighted by Gasteiger charge is -2.41. The molecular formula is C27H52N3O+. The maximum Gasteiger partial charge on any atom is 0.221 e. The van der Waals surface area contributed by atoms with E-state index >= 15 is 0 Å². The highest BCUT2D eigenvalue weighted by molar-refractivity contribution is 5.72. The van der Waals surface area contributed by atoms with E-state index in [4.69, 9.17) is 0 Å². The molecule has 1 aliphatic heterocycles. The van der Waals surface area contributed by atoms with Crippen LogP contribution in [0.2, 0.25) is 0 Å². The highest BCUT2D eigenvalue weighted by atomic mass is 16.1. The van der Waals surface area contributed by atoms with E-state index in [9.17, 15) is 4.79 Å². The predicted molar refractivity (Wildman–Crippen MR) is 134 cm³/mol. The fraction of sp³-hybridized carbons (Fsp3) is 0.815. The van der Waals surface area contributed by atoms with Crippen molar-refractivity contribution >= 4 is 5.91 Å². The van der Waals surface area contributed by atoms with Crippen molar-refractivity contribution in [2.24, 2.45) is 0 Å². The molecule has 1 amide bonds. The smallest absolute Gasteiger partial charge is 0.221 e. The first-order valence-corrected chi connectivity index (χ1v) is 13.3. The zero-order valence-electron chi connectivity index (χ0n) is 21.1. The molecule has 4 nitrogen and oxygen atoms in total. The van der Waals surface area contributed by atoms with Crippen molar-refractivity contribution in [3.63, 3.8) is 0 Å². The molecule has 180 valence electrons. The number of hydrogen-bond donors (Lipinski definition) is 2. The number of nitrogens with zero attached hydrogens (tertiary/aromatic N) is 1. The minimum Gasteiger partial charge on any atom is -0.338 e. The Labute approximate surface area is 193 Å². The Morgan fingerprint density at radius 1 is 0.968 bits per heavy atom. The quantitative estimate of drug-likeness (QED) is 0.129. The van der Waals surface area contributed by atoms with E-state index in [1.165, 1.54) is 96.3 Å². The first kappa shape index (κ1) is 27.7. The van der Waals surface area contributed by atoms with Gasteiger partial charge >= 0.3 is 0 Å². The summed E-state index contributed by atoms with van der Waals surface area (Å²) in [5, 5.41) is 6.64. The molecule has 3 atom stereocenters. The lowest BCUT2D eigenvalue weighted by molar-refractivity contribution is -0.923. The first-order chi connectivity index (χ1) is 15.1. The molecule has 4 heteroatoms. The van der Waals surface area contributed by atoms with Crippen LogP contribution in [0.3, 0.4) is 0 Å². The average Bonchev–Trinajstić information content (AvgIpc) is 3.17. The van der Waals surface area contributed by atoms with E-state index in [0.29, 0.717) is 6.17 Å². The molecule has 3 unspecified atom stereocenters. The third-order valence-electron chi connectivity index (χ3n) is 6.99. The van der Waals surface area contributed by atoms with Gasteiger partial charge in [0.2, 0.25) is 5.91 Å². The van der Waals surface area contributed by atoms with Crippen LogP contribution in [0.1, 0.15) is 124 Å². The summed E-state index contributed by atoms with van der Waals surface area (Å²) in [4.78, 5) is 11.5. The zero-order valence-corrected chi connectivity index (χ0v) is 21.1. The summed E-state index contributed by atoms with van der Waals surface area (Å²) in [7, 11) is 0. The van der Waals surface area contributed by atoms with Gasteiger partial charge < -0.3 is 10.6 Å². The molecule has 0 spiro atoms. The molecule has 1 aliphatic rings. The van der Waals surface area contributed by atoms with Gasteiger partial charge in [-0.05, 0) is 33.1 Å². The SMILES string of the molecule is C/C=C/CCCCCCCCCCCCCCCC1NC=C[N+]1(CC)C(C)NC(C)=O. The van der Waals surface area contributed by atoms with Crippen LogP contribution in [0.5, 0.6) is 0 Å². The minimum absolute atomic E-state index is 0.0533. The van der Waals surface area contributed by atoms with Crippen molar-refractivity contribution in [2.75, 3.05) is 6.54 Å². The van der Waals surface area contributed by atoms with Crippen molar-refractivity contribution in [1.29, 1.82) is 0 Å². The van der Waals surface area contributed by atoms with Gasteiger partial charge in [0.05, 0.1) is 12.7 Å². The van der Waals surface area contributed by atoms with Gasteiger partial charge in [0.25, 0.3) is 0 Å². The molecule has 0 saturated heterocycles. The second-order valence-electron chi connectivity index (χ2n) is 9.43. The standard InChI is InChI=1S/C27H51N3O/c1-5-7-8-9-10-11-12-13-14-15-16-17-18-19-20-21-22-27-28-23-24-30(27,6-2)25(3)29-26(4)31/h5,7,23-25,27-28H,6,8-22H2,1-4H3/p+1/b7-5+. The molecule has 1 rings (SSSR count). The Kier molecular flexibility index (Phi) is 15.5. The third-order valence-corrected chi connectivity index (χ3v) is 6.99. The van der Waals surface area contributed by atoms with Crippen LogP contribution in [0.15, 0.2) is 24.6 Å². The van der Waals surface area contributed by atoms with Gasteiger partial charge in [0.1, 0.15) is 6.20 Å². The Hall–Kier alpha value is -1.29. The molecule has 0 aromatic rings. The highest BCUT2D eigenvalue weighted by Gasteiger charge is 2.41. The Bertz CT molecular complexity index is 517. The van der Waals surface area contributed by atoms with Crippen molar-refractivity contribution in [3.05, 3.63) is 24.6 Å². The fourth-order valence-electron chi connectivity index (χ4n) is 4.98. The van der Waals surface area contributed by atoms with E-state index in [0.717, 1.165) is 11.0 Å². The van der Waals surface area contributed by atoms with E-state index < -0.39 is 0 Å². The van der Waals surface area contributed by atoms with E-state index in [1.54, 1.807) is 6.92 Å². The van der Waals surface area contributed by atoms with Gasteiger partial charge in [-0.2, -0.15) is 0 Å². The van der Waals surface area contributed by atoms with Crippen molar-refractivity contribution in [3.8, 4) is 0 Å². The van der Waals surface area contributed by atoms with Crippen LogP contribution in [0, 0.1) is 0 Å². The number of hydrogen-bond acceptors (Lipinski definition) is 2. The lowest BCUT2D eigenvalue weighted by atomic mass is 10.0. The van der Waals surface area contributed by atoms with Crippen LogP contribution in [-0.4, -0.2) is 29.3 Å². The van der Waals surface area contributed by atoms with Crippen LogP contribution in [0.4, 0.5) is 0 Å². The molecule has 1 heterocycles. The molecule has 0 aromatic heterocycles. The highest BCUT2D eigenvalue weighted by Crippen LogP contribution is 2.26. The lowest BCUT2D eigenvalue weighted by Crippen LogP contribution is -2.62. The molecule has 0 aromatic carbocycles. The van der Waals surface area contributed by atoms with Crippen LogP contribution < -0.4 is 10.6 Å². The maximum absolute atomic E-state index is 11.5. The van der Waals surface area contributed by atoms with Crippen LogP contribution >= 0.6 is 0 Å². The number of amides is 1. The number of rotatable bonds is 19. The predicted octanol–water partition coefficient (Wildman–Crippen LogP) is 7.13. The maximum atomic E-state index is 11.5. The summed E-state index contributed by atoms with van der Waals surface area (Å²) in [6.07, 6.45) is 29.7. The Balaban J connectivity index is 1.99. The summed E-state index contributed by atoms with van der Waals surface area (Å²) in [5.74, 6) is 0.0533. The largest absolute Gasteiger partial charge is 0.338 e. The van der Waals surface area contributed by atoms with Crippen molar-refractivity contribution in [2.45, 2.75) is 136 Å². The average molecular weight is 435 g/mol. The number of carbonyl (C=O) groups is 1. The van der Waals surface area contributed by atoms with Gasteiger partial charge in [0.15, 0.2) is 12.3 Å². The van der Waals surface area contributed by atoms with Crippen LogP contribution in [-0.2, 0) is 4.79 Å². The third kappa shape index (κ3) is 11.2. The number of nitrogens with one attached hydrogen (secondary N) is 2. The second kappa shape index (κ2) is 17.3. The Morgan fingerprint density at radius 2 is 1.48 bits per heavy atom. The molecule has 31 heavy (non-hydrogen) atoms. The molecule has 0 saturated carbocycles. The molecule has 0 aliphatic carbocycles. The minimum atomic E-state index is 0.0533. The molecule has 2 N–H and O–H groups in total. The van der Waals surface area contributed by atoms with Crippen molar-refractivity contribution < 1.29 is 9.28 Å². The number of unbranched alkanes of at least 4 members (excludes halogenated alkanes) is 13. The number of carbonyl (C=O) groups excluding carboxylic acids is 1. The van der Waals surface area contributed by atoms with Gasteiger partial charge in [0, 0.05) is 20.3 Å². The second-order valence-corrected chi connectivity index (χ2v) is 9.43. The molecular weight excluding hydrogens is 382 g/mol. The zero-order chi connectivity index (χ0) is 22.8. The van der Waals surface area contributed by atoms with Gasteiger partial charge in [-0.25, -0.2) is 0 Å². The molecule has 0 bridgehead atoms.